The second kappa shape index (κ2) is 8.79. The van der Waals surface area contributed by atoms with Crippen molar-refractivity contribution in [1.82, 2.24) is 20.8 Å². The SMILES string of the molecule is CCNC(=O)NC(=O)[C@@H](OC(=O)c1n[nH]c(=O)c2ccccc12)c1ccccc1. The van der Waals surface area contributed by atoms with E-state index in [4.69, 9.17) is 4.74 Å². The second-order valence-corrected chi connectivity index (χ2v) is 5.99. The number of amides is 3. The zero-order valence-electron chi connectivity index (χ0n) is 15.5. The van der Waals surface area contributed by atoms with Crippen LogP contribution in [0.1, 0.15) is 29.1 Å². The Kier molecular flexibility index (Phi) is 5.98. The highest BCUT2D eigenvalue weighted by molar-refractivity contribution is 6.04. The molecule has 0 fully saturated rings. The van der Waals surface area contributed by atoms with Gasteiger partial charge < -0.3 is 10.1 Å². The molecule has 1 heterocycles. The van der Waals surface area contributed by atoms with Crippen LogP contribution in [0, 0.1) is 0 Å². The number of imide groups is 1. The molecule has 0 aliphatic rings. The van der Waals surface area contributed by atoms with Crippen LogP contribution in [-0.4, -0.2) is 34.6 Å². The number of rotatable bonds is 5. The Balaban J connectivity index is 1.93. The second-order valence-electron chi connectivity index (χ2n) is 5.99. The van der Waals surface area contributed by atoms with Gasteiger partial charge in [-0.1, -0.05) is 48.5 Å². The van der Waals surface area contributed by atoms with E-state index in [0.29, 0.717) is 12.1 Å². The van der Waals surface area contributed by atoms with E-state index < -0.39 is 29.6 Å². The van der Waals surface area contributed by atoms with Crippen LogP contribution >= 0.6 is 0 Å². The number of esters is 1. The quantitative estimate of drug-likeness (QED) is 0.564. The highest BCUT2D eigenvalue weighted by atomic mass is 16.5. The summed E-state index contributed by atoms with van der Waals surface area (Å²) in [5.41, 5.74) is -0.228. The molecule has 3 amide bonds. The smallest absolute Gasteiger partial charge is 0.360 e. The number of ether oxygens (including phenoxy) is 1. The molecule has 1 aromatic heterocycles. The summed E-state index contributed by atoms with van der Waals surface area (Å²) in [4.78, 5) is 49.0. The molecule has 148 valence electrons. The minimum atomic E-state index is -1.39. The number of hydrogen-bond donors (Lipinski definition) is 3. The fourth-order valence-corrected chi connectivity index (χ4v) is 2.72. The van der Waals surface area contributed by atoms with Gasteiger partial charge in [-0.3, -0.25) is 14.9 Å². The molecule has 3 aromatic rings. The summed E-state index contributed by atoms with van der Waals surface area (Å²) in [6.07, 6.45) is -1.39. The monoisotopic (exact) mass is 394 g/mol. The maximum Gasteiger partial charge on any atom is 0.360 e. The number of nitrogens with one attached hydrogen (secondary N) is 3. The third-order valence-corrected chi connectivity index (χ3v) is 4.03. The largest absolute Gasteiger partial charge is 0.442 e. The molecule has 3 rings (SSSR count). The van der Waals surface area contributed by atoms with Crippen LogP contribution in [0.5, 0.6) is 0 Å². The summed E-state index contributed by atoms with van der Waals surface area (Å²) in [5.74, 6) is -1.73. The van der Waals surface area contributed by atoms with Crippen LogP contribution in [0.2, 0.25) is 0 Å². The Morgan fingerprint density at radius 2 is 1.69 bits per heavy atom. The van der Waals surface area contributed by atoms with Crippen molar-refractivity contribution < 1.29 is 19.1 Å². The van der Waals surface area contributed by atoms with Crippen LogP contribution in [0.4, 0.5) is 4.79 Å². The molecule has 0 bridgehead atoms. The fraction of sp³-hybridized carbons (Fsp3) is 0.150. The lowest BCUT2D eigenvalue weighted by molar-refractivity contribution is -0.129. The maximum absolute atomic E-state index is 12.8. The molecular weight excluding hydrogens is 376 g/mol. The molecule has 0 saturated heterocycles. The van der Waals surface area contributed by atoms with E-state index in [1.165, 1.54) is 0 Å². The molecule has 0 saturated carbocycles. The fourth-order valence-electron chi connectivity index (χ4n) is 2.72. The standard InChI is InChI=1S/C20H18N4O5/c1-2-21-20(28)22-18(26)16(12-8-4-3-5-9-12)29-19(27)15-13-10-6-7-11-14(13)17(25)24-23-15/h3-11,16H,2H2,1H3,(H,24,25)(H2,21,22,26,28)/t16-/m0/s1. The van der Waals surface area contributed by atoms with Crippen LogP contribution in [0.25, 0.3) is 10.8 Å². The Bertz CT molecular complexity index is 1110. The summed E-state index contributed by atoms with van der Waals surface area (Å²) in [6.45, 7) is 2.02. The molecular formula is C20H18N4O5. The van der Waals surface area contributed by atoms with Crippen molar-refractivity contribution in [3.63, 3.8) is 0 Å². The van der Waals surface area contributed by atoms with Crippen LogP contribution in [-0.2, 0) is 9.53 Å². The van der Waals surface area contributed by atoms with Crippen molar-refractivity contribution in [2.75, 3.05) is 6.54 Å². The molecule has 3 N–H and O–H groups in total. The van der Waals surface area contributed by atoms with Crippen molar-refractivity contribution in [1.29, 1.82) is 0 Å². The first-order valence-corrected chi connectivity index (χ1v) is 8.83. The lowest BCUT2D eigenvalue weighted by atomic mass is 10.1. The molecule has 2 aromatic carbocycles. The summed E-state index contributed by atoms with van der Waals surface area (Å²) in [5, 5.41) is 11.1. The molecule has 0 radical (unpaired) electrons. The van der Waals surface area contributed by atoms with Gasteiger partial charge >= 0.3 is 12.0 Å². The molecule has 29 heavy (non-hydrogen) atoms. The highest BCUT2D eigenvalue weighted by Gasteiger charge is 2.28. The first-order valence-electron chi connectivity index (χ1n) is 8.83. The third-order valence-electron chi connectivity index (χ3n) is 4.03. The number of nitrogens with zero attached hydrogens (tertiary/aromatic N) is 1. The van der Waals surface area contributed by atoms with Crippen molar-refractivity contribution in [3.05, 3.63) is 76.2 Å². The van der Waals surface area contributed by atoms with E-state index in [1.54, 1.807) is 61.5 Å². The van der Waals surface area contributed by atoms with Gasteiger partial charge in [-0.25, -0.2) is 14.7 Å². The molecule has 0 spiro atoms. The molecule has 9 nitrogen and oxygen atoms in total. The van der Waals surface area contributed by atoms with Gasteiger partial charge in [0.05, 0.1) is 5.39 Å². The highest BCUT2D eigenvalue weighted by Crippen LogP contribution is 2.21. The lowest BCUT2D eigenvalue weighted by Gasteiger charge is -2.17. The normalized spacial score (nSPS) is 11.5. The molecule has 1 atom stereocenters. The minimum absolute atomic E-state index is 0.146. The number of fused-ring (bicyclic) bond motifs is 1. The number of aromatic amines is 1. The van der Waals surface area contributed by atoms with E-state index in [1.807, 2.05) is 0 Å². The first kappa shape index (κ1) is 19.7. The van der Waals surface area contributed by atoms with Crippen molar-refractivity contribution >= 4 is 28.7 Å². The van der Waals surface area contributed by atoms with E-state index in [0.717, 1.165) is 0 Å². The number of benzene rings is 2. The summed E-state index contributed by atoms with van der Waals surface area (Å²) >= 11 is 0. The number of H-pyrrole nitrogens is 1. The van der Waals surface area contributed by atoms with Gasteiger partial charge in [-0.2, -0.15) is 5.10 Å². The Morgan fingerprint density at radius 3 is 2.38 bits per heavy atom. The molecule has 9 heteroatoms. The average Bonchev–Trinajstić information content (AvgIpc) is 2.73. The topological polar surface area (TPSA) is 130 Å². The van der Waals surface area contributed by atoms with Gasteiger partial charge in [-0.05, 0) is 13.0 Å². The predicted octanol–water partition coefficient (Wildman–Crippen LogP) is 1.67. The third kappa shape index (κ3) is 4.46. The Hall–Kier alpha value is -4.01. The van der Waals surface area contributed by atoms with Gasteiger partial charge in [-0.15, -0.1) is 0 Å². The number of aromatic nitrogens is 2. The van der Waals surface area contributed by atoms with Crippen molar-refractivity contribution in [2.45, 2.75) is 13.0 Å². The first-order chi connectivity index (χ1) is 14.0. The maximum atomic E-state index is 12.8. The van der Waals surface area contributed by atoms with Crippen molar-refractivity contribution in [3.8, 4) is 0 Å². The summed E-state index contributed by atoms with van der Waals surface area (Å²) < 4.78 is 5.40. The molecule has 0 aliphatic carbocycles. The van der Waals surface area contributed by atoms with E-state index in [9.17, 15) is 19.2 Å². The summed E-state index contributed by atoms with van der Waals surface area (Å²) in [7, 11) is 0. The Labute approximate surface area is 165 Å². The van der Waals surface area contributed by atoms with Gasteiger partial charge in [0, 0.05) is 17.5 Å². The van der Waals surface area contributed by atoms with Gasteiger partial charge in [0.2, 0.25) is 6.10 Å². The Morgan fingerprint density at radius 1 is 1.03 bits per heavy atom. The number of urea groups is 1. The average molecular weight is 394 g/mol. The van der Waals surface area contributed by atoms with Gasteiger partial charge in [0.25, 0.3) is 11.5 Å². The van der Waals surface area contributed by atoms with Crippen LogP contribution in [0.3, 0.4) is 0 Å². The number of carbonyl (C=O) groups is 3. The van der Waals surface area contributed by atoms with E-state index in [-0.39, 0.29) is 16.5 Å². The number of hydrogen-bond acceptors (Lipinski definition) is 6. The lowest BCUT2D eigenvalue weighted by Crippen LogP contribution is -2.42. The van der Waals surface area contributed by atoms with Crippen LogP contribution in [0.15, 0.2) is 59.4 Å². The van der Waals surface area contributed by atoms with Gasteiger partial charge in [0.15, 0.2) is 5.69 Å². The van der Waals surface area contributed by atoms with Crippen LogP contribution < -0.4 is 16.2 Å². The van der Waals surface area contributed by atoms with E-state index >= 15 is 0 Å². The number of carbonyl (C=O) groups excluding carboxylic acids is 3. The summed E-state index contributed by atoms with van der Waals surface area (Å²) in [6, 6.07) is 14.0. The zero-order chi connectivity index (χ0) is 20.8. The predicted molar refractivity (Wildman–Crippen MR) is 104 cm³/mol. The van der Waals surface area contributed by atoms with Gasteiger partial charge in [0.1, 0.15) is 0 Å². The molecule has 0 aliphatic heterocycles. The minimum Gasteiger partial charge on any atom is -0.442 e. The molecule has 0 unspecified atom stereocenters. The van der Waals surface area contributed by atoms with Crippen molar-refractivity contribution in [2.24, 2.45) is 0 Å². The zero-order valence-corrected chi connectivity index (χ0v) is 15.5. The van der Waals surface area contributed by atoms with E-state index in [2.05, 4.69) is 20.8 Å².